The van der Waals surface area contributed by atoms with Crippen molar-refractivity contribution in [1.82, 2.24) is 5.32 Å². The molecule has 6 heteroatoms. The highest BCUT2D eigenvalue weighted by Gasteiger charge is 2.20. The van der Waals surface area contributed by atoms with Crippen molar-refractivity contribution in [2.75, 3.05) is 34.3 Å². The topological polar surface area (TPSA) is 78.5 Å². The number of carboxylic acid groups (broad SMARTS) is 1. The molecule has 0 aliphatic rings. The van der Waals surface area contributed by atoms with Gasteiger partial charge in [0.05, 0.1) is 40.3 Å². The Kier molecular flexibility index (Phi) is 10.6. The molecule has 0 fully saturated rings. The zero-order chi connectivity index (χ0) is 17.0. The van der Waals surface area contributed by atoms with E-state index in [1.54, 1.807) is 0 Å². The van der Waals surface area contributed by atoms with Crippen molar-refractivity contribution < 1.29 is 23.9 Å². The predicted octanol–water partition coefficient (Wildman–Crippen LogP) is 1.29. The Morgan fingerprint density at radius 3 is 2.23 bits per heavy atom. The average molecular weight is 316 g/mol. The summed E-state index contributed by atoms with van der Waals surface area (Å²) in [7, 11) is 5.81. The maximum atomic E-state index is 11.7. The van der Waals surface area contributed by atoms with Gasteiger partial charge in [0.1, 0.15) is 0 Å². The summed E-state index contributed by atoms with van der Waals surface area (Å²) in [4.78, 5) is 22.5. The van der Waals surface area contributed by atoms with Gasteiger partial charge < -0.3 is 24.4 Å². The number of alkyl carbamates (subject to hydrolysis) is 1. The van der Waals surface area contributed by atoms with Crippen LogP contribution in [0.15, 0.2) is 0 Å². The predicted molar refractivity (Wildman–Crippen MR) is 84.2 cm³/mol. The summed E-state index contributed by atoms with van der Waals surface area (Å²) in [6, 6.07) is -0.484. The lowest BCUT2D eigenvalue weighted by Crippen LogP contribution is -2.51. The van der Waals surface area contributed by atoms with Crippen LogP contribution in [0.4, 0.5) is 4.79 Å². The van der Waals surface area contributed by atoms with Gasteiger partial charge >= 0.3 is 6.09 Å². The fourth-order valence-electron chi connectivity index (χ4n) is 2.28. The van der Waals surface area contributed by atoms with Gasteiger partial charge in [-0.2, -0.15) is 0 Å². The molecule has 1 atom stereocenters. The summed E-state index contributed by atoms with van der Waals surface area (Å²) < 4.78 is 5.66. The van der Waals surface area contributed by atoms with Crippen LogP contribution in [-0.4, -0.2) is 56.9 Å². The van der Waals surface area contributed by atoms with E-state index in [9.17, 15) is 14.7 Å². The Morgan fingerprint density at radius 1 is 1.09 bits per heavy atom. The Hall–Kier alpha value is -1.30. The van der Waals surface area contributed by atoms with Crippen LogP contribution >= 0.6 is 0 Å². The van der Waals surface area contributed by atoms with Crippen molar-refractivity contribution in [3.05, 3.63) is 0 Å². The third-order valence-electron chi connectivity index (χ3n) is 3.23. The number of rotatable bonds is 12. The van der Waals surface area contributed by atoms with E-state index in [2.05, 4.69) is 12.2 Å². The first-order valence-corrected chi connectivity index (χ1v) is 8.18. The van der Waals surface area contributed by atoms with Gasteiger partial charge in [-0.05, 0) is 6.42 Å². The van der Waals surface area contributed by atoms with Gasteiger partial charge in [-0.3, -0.25) is 0 Å². The van der Waals surface area contributed by atoms with Gasteiger partial charge in [-0.15, -0.1) is 0 Å². The number of likely N-dealkylation sites (N-methyl/N-ethyl adjacent to an activating group) is 1. The Bertz CT molecular complexity index is 327. The lowest BCUT2D eigenvalue weighted by atomic mass is 10.1. The number of hydrogen-bond acceptors (Lipinski definition) is 4. The largest absolute Gasteiger partial charge is 0.550 e. The number of aliphatic carboxylic acids is 1. The van der Waals surface area contributed by atoms with Crippen LogP contribution in [0.25, 0.3) is 0 Å². The molecule has 0 bridgehead atoms. The zero-order valence-corrected chi connectivity index (χ0v) is 14.5. The molecule has 0 aliphatic heterocycles. The second kappa shape index (κ2) is 11.3. The lowest BCUT2D eigenvalue weighted by molar-refractivity contribution is -0.871. The van der Waals surface area contributed by atoms with Crippen LogP contribution in [-0.2, 0) is 9.53 Å². The monoisotopic (exact) mass is 316 g/mol. The second-order valence-corrected chi connectivity index (χ2v) is 6.79. The molecule has 0 aliphatic carbocycles. The summed E-state index contributed by atoms with van der Waals surface area (Å²) in [6.07, 6.45) is 5.98. The van der Waals surface area contributed by atoms with E-state index in [1.807, 2.05) is 21.1 Å². The molecule has 0 aromatic rings. The number of nitrogens with zero attached hydrogens (tertiary/aromatic N) is 1. The van der Waals surface area contributed by atoms with Crippen LogP contribution < -0.4 is 10.4 Å². The van der Waals surface area contributed by atoms with Crippen molar-refractivity contribution in [3.63, 3.8) is 0 Å². The number of nitrogens with one attached hydrogen (secondary N) is 1. The quantitative estimate of drug-likeness (QED) is 0.435. The molecule has 0 rings (SSSR count). The van der Waals surface area contributed by atoms with E-state index in [1.165, 1.54) is 19.3 Å². The highest BCUT2D eigenvalue weighted by atomic mass is 16.5. The highest BCUT2D eigenvalue weighted by molar-refractivity contribution is 5.70. The summed E-state index contributed by atoms with van der Waals surface area (Å²) in [5.41, 5.74) is 0. The van der Waals surface area contributed by atoms with E-state index < -0.39 is 18.1 Å². The maximum absolute atomic E-state index is 11.7. The van der Waals surface area contributed by atoms with Crippen molar-refractivity contribution in [2.45, 2.75) is 57.9 Å². The van der Waals surface area contributed by atoms with Crippen molar-refractivity contribution in [1.29, 1.82) is 0 Å². The maximum Gasteiger partial charge on any atom is 0.407 e. The molecular weight excluding hydrogens is 284 g/mol. The molecule has 0 radical (unpaired) electrons. The van der Waals surface area contributed by atoms with Gasteiger partial charge in [0.2, 0.25) is 0 Å². The molecule has 0 aromatic heterocycles. The first-order valence-electron chi connectivity index (χ1n) is 8.18. The molecule has 0 unspecified atom stereocenters. The summed E-state index contributed by atoms with van der Waals surface area (Å²) in [5.74, 6) is -1.17. The van der Waals surface area contributed by atoms with E-state index >= 15 is 0 Å². The first kappa shape index (κ1) is 20.7. The molecule has 1 amide bonds. The van der Waals surface area contributed by atoms with Gasteiger partial charge in [0, 0.05) is 12.4 Å². The number of carbonyl (C=O) groups excluding carboxylic acids is 2. The fraction of sp³-hybridized carbons (Fsp3) is 0.875. The van der Waals surface area contributed by atoms with Crippen LogP contribution in [0.2, 0.25) is 0 Å². The third-order valence-corrected chi connectivity index (χ3v) is 3.23. The molecule has 6 nitrogen and oxygen atoms in total. The summed E-state index contributed by atoms with van der Waals surface area (Å²) in [5, 5.41) is 13.4. The molecule has 0 aromatic carbocycles. The van der Waals surface area contributed by atoms with Gasteiger partial charge in [-0.1, -0.05) is 39.0 Å². The molecule has 0 heterocycles. The van der Waals surface area contributed by atoms with Crippen molar-refractivity contribution in [3.8, 4) is 0 Å². The number of carboxylic acids is 1. The molecule has 0 spiro atoms. The molecule has 22 heavy (non-hydrogen) atoms. The van der Waals surface area contributed by atoms with Gasteiger partial charge in [0.25, 0.3) is 0 Å². The van der Waals surface area contributed by atoms with Crippen LogP contribution in [0.3, 0.4) is 0 Å². The smallest absolute Gasteiger partial charge is 0.407 e. The number of hydrogen-bond donors (Lipinski definition) is 1. The van der Waals surface area contributed by atoms with Crippen LogP contribution in [0.1, 0.15) is 51.9 Å². The molecule has 130 valence electrons. The van der Waals surface area contributed by atoms with Gasteiger partial charge in [0.15, 0.2) is 0 Å². The number of ether oxygens (including phenoxy) is 1. The van der Waals surface area contributed by atoms with Crippen molar-refractivity contribution >= 4 is 12.1 Å². The van der Waals surface area contributed by atoms with Crippen molar-refractivity contribution in [2.24, 2.45) is 0 Å². The summed E-state index contributed by atoms with van der Waals surface area (Å²) >= 11 is 0. The normalized spacial score (nSPS) is 12.7. The number of carbonyl (C=O) groups is 2. The number of quaternary nitrogens is 1. The van der Waals surface area contributed by atoms with Crippen LogP contribution in [0, 0.1) is 0 Å². The van der Waals surface area contributed by atoms with E-state index in [-0.39, 0.29) is 6.42 Å². The molecule has 0 saturated carbocycles. The molecular formula is C16H32N2O4. The van der Waals surface area contributed by atoms with E-state index in [0.29, 0.717) is 17.6 Å². The molecule has 0 saturated heterocycles. The minimum atomic E-state index is -1.17. The lowest BCUT2D eigenvalue weighted by Gasteiger charge is -2.29. The standard InChI is InChI=1S/C16H32N2O4/c1-5-6-7-8-9-10-11-22-16(21)17-14(12-15(19)20)13-18(2,3)4/h14H,5-13H2,1-4H3,(H-,17,19,20,21)/t14-/m0/s1. The summed E-state index contributed by atoms with van der Waals surface area (Å²) in [6.45, 7) is 3.05. The minimum absolute atomic E-state index is 0.207. The van der Waals surface area contributed by atoms with Crippen LogP contribution in [0.5, 0.6) is 0 Å². The van der Waals surface area contributed by atoms with E-state index in [4.69, 9.17) is 4.74 Å². The SMILES string of the molecule is CCCCCCCCOC(=O)N[C@@H](CC(=O)[O-])C[N+](C)(C)C. The van der Waals surface area contributed by atoms with E-state index in [0.717, 1.165) is 19.3 Å². The highest BCUT2D eigenvalue weighted by Crippen LogP contribution is 2.05. The Morgan fingerprint density at radius 2 is 1.68 bits per heavy atom. The fourth-order valence-corrected chi connectivity index (χ4v) is 2.28. The number of amides is 1. The minimum Gasteiger partial charge on any atom is -0.550 e. The van der Waals surface area contributed by atoms with Gasteiger partial charge in [-0.25, -0.2) is 4.79 Å². The zero-order valence-electron chi connectivity index (χ0n) is 14.5. The first-order chi connectivity index (χ1) is 10.2. The third kappa shape index (κ3) is 13.7. The number of unbranched alkanes of at least 4 members (excludes halogenated alkanes) is 5. The second-order valence-electron chi connectivity index (χ2n) is 6.79. The Balaban J connectivity index is 3.94. The average Bonchev–Trinajstić information content (AvgIpc) is 2.34. The Labute approximate surface area is 134 Å². The molecule has 1 N–H and O–H groups in total.